The first-order valence-electron chi connectivity index (χ1n) is 15.3. The number of carbonyl (C=O) groups is 2. The molecule has 1 aliphatic heterocycles. The maximum absolute atomic E-state index is 13.8. The van der Waals surface area contributed by atoms with Gasteiger partial charge >= 0.3 is 0 Å². The van der Waals surface area contributed by atoms with E-state index in [4.69, 9.17) is 15.1 Å². The van der Waals surface area contributed by atoms with E-state index in [0.717, 1.165) is 28.7 Å². The van der Waals surface area contributed by atoms with Crippen molar-refractivity contribution in [2.45, 2.75) is 43.9 Å². The Kier molecular flexibility index (Phi) is 7.58. The van der Waals surface area contributed by atoms with Gasteiger partial charge in [0.15, 0.2) is 11.5 Å². The minimum absolute atomic E-state index is 0.0205. The number of benzene rings is 3. The third kappa shape index (κ3) is 6.11. The fourth-order valence-corrected chi connectivity index (χ4v) is 6.19. The Morgan fingerprint density at radius 1 is 0.935 bits per heavy atom. The number of likely N-dealkylation sites (tertiary alicyclic amines) is 1. The fraction of sp³-hybridized carbons (Fsp3) is 0.278. The molecule has 2 N–H and O–H groups in total. The SMILES string of the molecule is Nc1ccc(C2CC2C(=O)CCc2nc3cc(-c4ccc(C(=O)N5CCC(F)(F)CC5)cc4)cc(-c4ccc(F)cc4)c3o2)cn1. The van der Waals surface area contributed by atoms with E-state index in [1.54, 1.807) is 36.5 Å². The molecular formula is C36H31F3N4O3. The van der Waals surface area contributed by atoms with E-state index in [-0.39, 0.29) is 55.3 Å². The molecule has 5 aromatic rings. The minimum Gasteiger partial charge on any atom is -0.440 e. The number of ketones is 1. The summed E-state index contributed by atoms with van der Waals surface area (Å²) in [6.07, 6.45) is 2.48. The van der Waals surface area contributed by atoms with E-state index in [1.165, 1.54) is 17.0 Å². The van der Waals surface area contributed by atoms with Gasteiger partial charge in [-0.25, -0.2) is 23.1 Å². The molecule has 2 fully saturated rings. The van der Waals surface area contributed by atoms with Crippen LogP contribution in [0.4, 0.5) is 19.0 Å². The number of nitrogens with zero attached hydrogens (tertiary/aromatic N) is 3. The van der Waals surface area contributed by atoms with Crippen molar-refractivity contribution in [1.82, 2.24) is 14.9 Å². The third-order valence-corrected chi connectivity index (χ3v) is 8.96. The number of oxazole rings is 1. The van der Waals surface area contributed by atoms with Crippen LogP contribution < -0.4 is 5.73 Å². The average Bonchev–Trinajstić information content (AvgIpc) is 3.75. The second-order valence-electron chi connectivity index (χ2n) is 12.1. The van der Waals surface area contributed by atoms with Crippen molar-refractivity contribution in [2.75, 3.05) is 18.8 Å². The molecule has 234 valence electrons. The summed E-state index contributed by atoms with van der Waals surface area (Å²) in [6, 6.07) is 20.6. The van der Waals surface area contributed by atoms with Gasteiger partial charge in [-0.15, -0.1) is 0 Å². The first kappa shape index (κ1) is 29.7. The Hall–Kier alpha value is -4.99. The Labute approximate surface area is 263 Å². The number of halogens is 3. The van der Waals surface area contributed by atoms with Crippen LogP contribution in [0.2, 0.25) is 0 Å². The molecule has 2 atom stereocenters. The first-order chi connectivity index (χ1) is 22.1. The topological polar surface area (TPSA) is 102 Å². The Morgan fingerprint density at radius 2 is 1.65 bits per heavy atom. The van der Waals surface area contributed by atoms with Crippen LogP contribution in [0.15, 0.2) is 83.4 Å². The third-order valence-electron chi connectivity index (χ3n) is 8.96. The molecule has 2 aliphatic rings. The number of alkyl halides is 2. The molecule has 46 heavy (non-hydrogen) atoms. The van der Waals surface area contributed by atoms with Crippen molar-refractivity contribution in [2.24, 2.45) is 5.92 Å². The van der Waals surface area contributed by atoms with Crippen LogP contribution in [0.5, 0.6) is 0 Å². The van der Waals surface area contributed by atoms with Crippen LogP contribution >= 0.6 is 0 Å². The monoisotopic (exact) mass is 624 g/mol. The summed E-state index contributed by atoms with van der Waals surface area (Å²) in [6.45, 7) is 0.0410. The highest BCUT2D eigenvalue weighted by Gasteiger charge is 2.43. The summed E-state index contributed by atoms with van der Waals surface area (Å²) in [4.78, 5) is 36.3. The van der Waals surface area contributed by atoms with Gasteiger partial charge in [-0.3, -0.25) is 9.59 Å². The maximum atomic E-state index is 13.8. The van der Waals surface area contributed by atoms with Crippen molar-refractivity contribution in [3.8, 4) is 22.3 Å². The van der Waals surface area contributed by atoms with Gasteiger partial charge in [0, 0.05) is 62.0 Å². The average molecular weight is 625 g/mol. The molecule has 0 spiro atoms. The number of rotatable bonds is 8. The van der Waals surface area contributed by atoms with Gasteiger partial charge < -0.3 is 15.1 Å². The molecule has 2 aromatic heterocycles. The van der Waals surface area contributed by atoms with Crippen LogP contribution in [0.1, 0.15) is 53.4 Å². The second-order valence-corrected chi connectivity index (χ2v) is 12.1. The summed E-state index contributed by atoms with van der Waals surface area (Å²) in [7, 11) is 0. The molecule has 1 aliphatic carbocycles. The van der Waals surface area contributed by atoms with E-state index >= 15 is 0 Å². The number of nitrogens with two attached hydrogens (primary N) is 1. The van der Waals surface area contributed by atoms with Gasteiger partial charge in [-0.05, 0) is 77.1 Å². The van der Waals surface area contributed by atoms with Gasteiger partial charge in [-0.1, -0.05) is 30.3 Å². The van der Waals surface area contributed by atoms with Crippen molar-refractivity contribution in [3.63, 3.8) is 0 Å². The number of fused-ring (bicyclic) bond motifs is 1. The summed E-state index contributed by atoms with van der Waals surface area (Å²) < 4.78 is 47.2. The van der Waals surface area contributed by atoms with Gasteiger partial charge in [0.05, 0.1) is 0 Å². The normalized spacial score (nSPS) is 18.9. The lowest BCUT2D eigenvalue weighted by atomic mass is 9.97. The quantitative estimate of drug-likeness (QED) is 0.192. The van der Waals surface area contributed by atoms with Crippen molar-refractivity contribution in [3.05, 3.63) is 102 Å². The van der Waals surface area contributed by atoms with E-state index in [9.17, 15) is 22.8 Å². The largest absolute Gasteiger partial charge is 0.440 e. The molecule has 0 bridgehead atoms. The Bertz CT molecular complexity index is 1910. The summed E-state index contributed by atoms with van der Waals surface area (Å²) in [5.74, 6) is -2.23. The number of aromatic nitrogens is 2. The zero-order valence-corrected chi connectivity index (χ0v) is 24.9. The number of anilines is 1. The number of nitrogen functional groups attached to an aromatic ring is 1. The van der Waals surface area contributed by atoms with Crippen molar-refractivity contribution < 1.29 is 27.2 Å². The highest BCUT2D eigenvalue weighted by Crippen LogP contribution is 2.48. The molecular weight excluding hydrogens is 593 g/mol. The van der Waals surface area contributed by atoms with Crippen LogP contribution in [0, 0.1) is 11.7 Å². The zero-order valence-electron chi connectivity index (χ0n) is 24.9. The number of hydrogen-bond donors (Lipinski definition) is 1. The highest BCUT2D eigenvalue weighted by atomic mass is 19.3. The predicted octanol–water partition coefficient (Wildman–Crippen LogP) is 7.45. The number of piperidine rings is 1. The number of hydrogen-bond acceptors (Lipinski definition) is 6. The smallest absolute Gasteiger partial charge is 0.253 e. The second kappa shape index (κ2) is 11.7. The van der Waals surface area contributed by atoms with Gasteiger partial charge in [0.2, 0.25) is 0 Å². The molecule has 0 radical (unpaired) electrons. The number of aryl methyl sites for hydroxylation is 1. The van der Waals surface area contributed by atoms with Gasteiger partial charge in [0.1, 0.15) is 22.9 Å². The van der Waals surface area contributed by atoms with Crippen LogP contribution in [0.25, 0.3) is 33.4 Å². The highest BCUT2D eigenvalue weighted by molar-refractivity contribution is 5.97. The molecule has 1 saturated heterocycles. The van der Waals surface area contributed by atoms with Gasteiger partial charge in [0.25, 0.3) is 11.8 Å². The van der Waals surface area contributed by atoms with E-state index < -0.39 is 5.92 Å². The van der Waals surface area contributed by atoms with Crippen LogP contribution in [0.3, 0.4) is 0 Å². The zero-order chi connectivity index (χ0) is 32.0. The summed E-state index contributed by atoms with van der Waals surface area (Å²) in [5, 5.41) is 0. The fourth-order valence-electron chi connectivity index (χ4n) is 6.19. The van der Waals surface area contributed by atoms with Crippen LogP contribution in [-0.4, -0.2) is 45.6 Å². The molecule has 2 unspecified atom stereocenters. The lowest BCUT2D eigenvalue weighted by Crippen LogP contribution is -2.42. The lowest BCUT2D eigenvalue weighted by molar-refractivity contribution is -0.120. The molecule has 3 aromatic carbocycles. The molecule has 7 nitrogen and oxygen atoms in total. The molecule has 1 saturated carbocycles. The summed E-state index contributed by atoms with van der Waals surface area (Å²) >= 11 is 0. The number of amides is 1. The van der Waals surface area contributed by atoms with Crippen molar-refractivity contribution in [1.29, 1.82) is 0 Å². The van der Waals surface area contributed by atoms with Crippen LogP contribution in [-0.2, 0) is 11.2 Å². The lowest BCUT2D eigenvalue weighted by Gasteiger charge is -2.31. The van der Waals surface area contributed by atoms with E-state index in [0.29, 0.717) is 46.8 Å². The van der Waals surface area contributed by atoms with Gasteiger partial charge in [-0.2, -0.15) is 0 Å². The number of Topliss-reactive ketones (excluding diaryl/α,β-unsaturated/α-hetero) is 1. The summed E-state index contributed by atoms with van der Waals surface area (Å²) in [5.41, 5.74) is 11.3. The molecule has 7 rings (SSSR count). The van der Waals surface area contributed by atoms with Crippen molar-refractivity contribution >= 4 is 28.6 Å². The maximum Gasteiger partial charge on any atom is 0.253 e. The molecule has 3 heterocycles. The number of carbonyl (C=O) groups excluding carboxylic acids is 2. The Balaban J connectivity index is 1.12. The standard InChI is InChI=1S/C36H31F3N4O3/c37-26-8-5-22(6-9-26)28-17-25(21-1-3-23(4-2-21)35(45)43-15-13-36(38,39)14-16-43)18-30-34(28)46-33(42-30)12-10-31(44)29-19-27(29)24-7-11-32(40)41-20-24/h1-9,11,17-18,20,27,29H,10,12-16,19H2,(H2,40,41). The predicted molar refractivity (Wildman–Crippen MR) is 168 cm³/mol. The molecule has 10 heteroatoms. The minimum atomic E-state index is -2.73. The molecule has 1 amide bonds. The Morgan fingerprint density at radius 3 is 2.35 bits per heavy atom. The van der Waals surface area contributed by atoms with E-state index in [1.807, 2.05) is 30.3 Å². The number of pyridine rings is 1. The van der Waals surface area contributed by atoms with E-state index in [2.05, 4.69) is 4.98 Å². The first-order valence-corrected chi connectivity index (χ1v) is 15.3.